The zero-order valence-electron chi connectivity index (χ0n) is 24.0. The zero-order valence-corrected chi connectivity index (χ0v) is 24.0. The fraction of sp³-hybridized carbons (Fsp3) is 0.235. The van der Waals surface area contributed by atoms with E-state index in [9.17, 15) is 22.4 Å². The average Bonchev–Trinajstić information content (AvgIpc) is 3.39. The highest BCUT2D eigenvalue weighted by Crippen LogP contribution is 2.34. The van der Waals surface area contributed by atoms with Crippen molar-refractivity contribution in [3.05, 3.63) is 114 Å². The summed E-state index contributed by atoms with van der Waals surface area (Å²) in [5.74, 6) is 0.342. The number of piperazine rings is 1. The van der Waals surface area contributed by atoms with Crippen LogP contribution < -0.4 is 4.74 Å². The summed E-state index contributed by atoms with van der Waals surface area (Å²) in [4.78, 5) is 21.9. The van der Waals surface area contributed by atoms with Gasteiger partial charge in [0.15, 0.2) is 0 Å². The molecule has 44 heavy (non-hydrogen) atoms. The summed E-state index contributed by atoms with van der Waals surface area (Å²) in [5, 5.41) is 0. The van der Waals surface area contributed by atoms with E-state index in [1.807, 2.05) is 45.8 Å². The van der Waals surface area contributed by atoms with E-state index in [0.29, 0.717) is 55.2 Å². The van der Waals surface area contributed by atoms with Gasteiger partial charge in [-0.15, -0.1) is 0 Å². The van der Waals surface area contributed by atoms with Crippen molar-refractivity contribution in [2.75, 3.05) is 33.3 Å². The van der Waals surface area contributed by atoms with E-state index < -0.39 is 11.7 Å². The third-order valence-electron chi connectivity index (χ3n) is 7.95. The van der Waals surface area contributed by atoms with Crippen molar-refractivity contribution in [1.82, 2.24) is 19.2 Å². The van der Waals surface area contributed by atoms with Crippen LogP contribution in [0.5, 0.6) is 5.75 Å². The van der Waals surface area contributed by atoms with Gasteiger partial charge >= 0.3 is 6.18 Å². The number of rotatable bonds is 7. The molecule has 1 aliphatic heterocycles. The van der Waals surface area contributed by atoms with Crippen LogP contribution in [-0.4, -0.2) is 58.4 Å². The van der Waals surface area contributed by atoms with Gasteiger partial charge in [-0.05, 0) is 65.2 Å². The van der Waals surface area contributed by atoms with Crippen LogP contribution in [0.1, 0.15) is 16.8 Å². The average molecular weight is 603 g/mol. The minimum atomic E-state index is -4.44. The summed E-state index contributed by atoms with van der Waals surface area (Å²) in [6.07, 6.45) is -2.40. The Kier molecular flexibility index (Phi) is 8.09. The Labute approximate surface area is 252 Å². The summed E-state index contributed by atoms with van der Waals surface area (Å²) >= 11 is 0. The Balaban J connectivity index is 1.29. The molecule has 6 nitrogen and oxygen atoms in total. The molecule has 0 N–H and O–H groups in total. The lowest BCUT2D eigenvalue weighted by molar-refractivity contribution is -0.137. The smallest absolute Gasteiger partial charge is 0.416 e. The van der Waals surface area contributed by atoms with Crippen LogP contribution in [0, 0.1) is 5.82 Å². The Morgan fingerprint density at radius 1 is 0.864 bits per heavy atom. The number of halogens is 4. The molecule has 0 bridgehead atoms. The second-order valence-electron chi connectivity index (χ2n) is 10.8. The molecule has 0 spiro atoms. The van der Waals surface area contributed by atoms with Crippen LogP contribution >= 0.6 is 0 Å². The molecule has 1 fully saturated rings. The van der Waals surface area contributed by atoms with E-state index in [1.165, 1.54) is 18.2 Å². The summed E-state index contributed by atoms with van der Waals surface area (Å²) in [6.45, 7) is 2.86. The van der Waals surface area contributed by atoms with Gasteiger partial charge in [-0.1, -0.05) is 36.4 Å². The van der Waals surface area contributed by atoms with Crippen LogP contribution in [0.2, 0.25) is 0 Å². The van der Waals surface area contributed by atoms with Gasteiger partial charge in [0.25, 0.3) is 0 Å². The van der Waals surface area contributed by atoms with Crippen LogP contribution in [0.15, 0.2) is 91.1 Å². The van der Waals surface area contributed by atoms with E-state index in [4.69, 9.17) is 9.72 Å². The number of carbonyl (C=O) groups is 1. The first-order valence-electron chi connectivity index (χ1n) is 14.3. The molecule has 1 saturated heterocycles. The normalized spacial score (nSPS) is 14.2. The summed E-state index contributed by atoms with van der Waals surface area (Å²) in [6, 6.07) is 22.5. The second-order valence-corrected chi connectivity index (χ2v) is 10.8. The lowest BCUT2D eigenvalue weighted by atomic mass is 10.0. The number of nitrogens with zero attached hydrogens (tertiary/aromatic N) is 4. The molecule has 2 aromatic heterocycles. The Morgan fingerprint density at radius 3 is 2.32 bits per heavy atom. The number of carbonyl (C=O) groups excluding carboxylic acids is 1. The van der Waals surface area contributed by atoms with Crippen molar-refractivity contribution in [2.45, 2.75) is 19.1 Å². The lowest BCUT2D eigenvalue weighted by Gasteiger charge is -2.35. The molecule has 10 heteroatoms. The van der Waals surface area contributed by atoms with Gasteiger partial charge in [-0.3, -0.25) is 9.69 Å². The molecular weight excluding hydrogens is 572 g/mol. The molecule has 1 aliphatic rings. The van der Waals surface area contributed by atoms with E-state index in [2.05, 4.69) is 4.90 Å². The predicted molar refractivity (Wildman–Crippen MR) is 160 cm³/mol. The van der Waals surface area contributed by atoms with Crippen molar-refractivity contribution < 1.29 is 27.1 Å². The van der Waals surface area contributed by atoms with Crippen LogP contribution in [0.3, 0.4) is 0 Å². The van der Waals surface area contributed by atoms with E-state index in [-0.39, 0.29) is 18.1 Å². The van der Waals surface area contributed by atoms with Crippen LogP contribution in [0.4, 0.5) is 17.6 Å². The standard InChI is InChI=1S/C34H30F4N4O2/c1-44-29-7-3-5-25(20-29)33-30(22-40-14-16-41(17-15-40)32(43)18-23-8-11-28(35)12-9-23)42-21-26(10-13-31(42)39-33)24-4-2-6-27(19-24)34(36,37)38/h2-13,19-21H,14-18,22H2,1H3. The first-order chi connectivity index (χ1) is 21.2. The molecule has 0 unspecified atom stereocenters. The number of pyridine rings is 1. The van der Waals surface area contributed by atoms with Gasteiger partial charge in [0.1, 0.15) is 17.2 Å². The molecule has 0 saturated carbocycles. The minimum Gasteiger partial charge on any atom is -0.497 e. The largest absolute Gasteiger partial charge is 0.497 e. The molecule has 6 rings (SSSR count). The molecular formula is C34H30F4N4O2. The molecule has 3 aromatic carbocycles. The zero-order chi connectivity index (χ0) is 30.8. The number of hydrogen-bond donors (Lipinski definition) is 0. The van der Waals surface area contributed by atoms with Crippen molar-refractivity contribution in [2.24, 2.45) is 0 Å². The number of aromatic nitrogens is 2. The van der Waals surface area contributed by atoms with E-state index in [1.54, 1.807) is 31.4 Å². The first kappa shape index (κ1) is 29.4. The Bertz CT molecular complexity index is 1790. The molecule has 1 amide bonds. The highest BCUT2D eigenvalue weighted by Gasteiger charge is 2.30. The number of alkyl halides is 3. The lowest BCUT2D eigenvalue weighted by Crippen LogP contribution is -2.48. The monoisotopic (exact) mass is 602 g/mol. The number of ether oxygens (including phenoxy) is 1. The SMILES string of the molecule is COc1cccc(-c2nc3ccc(-c4cccc(C(F)(F)F)c4)cn3c2CN2CCN(C(=O)Cc3ccc(F)cc3)CC2)c1. The summed E-state index contributed by atoms with van der Waals surface area (Å²) in [5.41, 5.74) is 4.31. The van der Waals surface area contributed by atoms with E-state index >= 15 is 0 Å². The first-order valence-corrected chi connectivity index (χ1v) is 14.3. The fourth-order valence-corrected chi connectivity index (χ4v) is 5.55. The Hall–Kier alpha value is -4.70. The van der Waals surface area contributed by atoms with Crippen molar-refractivity contribution in [3.63, 3.8) is 0 Å². The number of amides is 1. The highest BCUT2D eigenvalue weighted by atomic mass is 19.4. The van der Waals surface area contributed by atoms with E-state index in [0.717, 1.165) is 34.6 Å². The number of methoxy groups -OCH3 is 1. The van der Waals surface area contributed by atoms with Gasteiger partial charge < -0.3 is 14.0 Å². The summed E-state index contributed by atoms with van der Waals surface area (Å²) < 4.78 is 61.0. The maximum absolute atomic E-state index is 13.4. The molecule has 0 atom stereocenters. The van der Waals surface area contributed by atoms with Crippen molar-refractivity contribution in [1.29, 1.82) is 0 Å². The van der Waals surface area contributed by atoms with Gasteiger partial charge in [0, 0.05) is 44.5 Å². The highest BCUT2D eigenvalue weighted by molar-refractivity contribution is 5.79. The van der Waals surface area contributed by atoms with Crippen LogP contribution in [0.25, 0.3) is 28.0 Å². The van der Waals surface area contributed by atoms with Gasteiger partial charge in [0.2, 0.25) is 5.91 Å². The quantitative estimate of drug-likeness (QED) is 0.194. The number of imidazole rings is 1. The maximum atomic E-state index is 13.4. The fourth-order valence-electron chi connectivity index (χ4n) is 5.55. The Morgan fingerprint density at radius 2 is 1.59 bits per heavy atom. The van der Waals surface area contributed by atoms with Crippen molar-refractivity contribution in [3.8, 4) is 28.1 Å². The third kappa shape index (κ3) is 6.30. The van der Waals surface area contributed by atoms with Crippen LogP contribution in [-0.2, 0) is 23.9 Å². The number of fused-ring (bicyclic) bond motifs is 1. The number of hydrogen-bond acceptors (Lipinski definition) is 4. The van der Waals surface area contributed by atoms with Gasteiger partial charge in [-0.25, -0.2) is 9.37 Å². The molecule has 0 radical (unpaired) electrons. The molecule has 3 heterocycles. The third-order valence-corrected chi connectivity index (χ3v) is 7.95. The topological polar surface area (TPSA) is 50.1 Å². The predicted octanol–water partition coefficient (Wildman–Crippen LogP) is 6.72. The van der Waals surface area contributed by atoms with Gasteiger partial charge in [-0.2, -0.15) is 13.2 Å². The van der Waals surface area contributed by atoms with Gasteiger partial charge in [0.05, 0.1) is 30.5 Å². The second kappa shape index (κ2) is 12.1. The van der Waals surface area contributed by atoms with Crippen molar-refractivity contribution >= 4 is 11.6 Å². The maximum Gasteiger partial charge on any atom is 0.416 e. The number of benzene rings is 3. The minimum absolute atomic E-state index is 0.00569. The molecule has 226 valence electrons. The molecule has 5 aromatic rings. The summed E-state index contributed by atoms with van der Waals surface area (Å²) in [7, 11) is 1.60. The molecule has 0 aliphatic carbocycles.